The molecule has 1 saturated heterocycles. The van der Waals surface area contributed by atoms with E-state index in [1.807, 2.05) is 0 Å². The quantitative estimate of drug-likeness (QED) is 0.684. The number of morpholine rings is 1. The summed E-state index contributed by atoms with van der Waals surface area (Å²) in [5, 5.41) is 0. The Bertz CT molecular complexity index is 709. The van der Waals surface area contributed by atoms with E-state index in [4.69, 9.17) is 9.15 Å². The van der Waals surface area contributed by atoms with Crippen molar-refractivity contribution in [1.29, 1.82) is 0 Å². The maximum atomic E-state index is 13.3. The van der Waals surface area contributed by atoms with Crippen LogP contribution in [0, 0.1) is 0 Å². The van der Waals surface area contributed by atoms with Gasteiger partial charge < -0.3 is 9.15 Å². The van der Waals surface area contributed by atoms with Crippen molar-refractivity contribution in [3.05, 3.63) is 46.1 Å². The smallest absolute Gasteiger partial charge is 0.417 e. The lowest BCUT2D eigenvalue weighted by molar-refractivity contribution is -0.137. The predicted molar refractivity (Wildman–Crippen MR) is 92.4 cm³/mol. The fourth-order valence-corrected chi connectivity index (χ4v) is 3.29. The zero-order valence-corrected chi connectivity index (χ0v) is 15.2. The van der Waals surface area contributed by atoms with Gasteiger partial charge in [-0.1, -0.05) is 15.9 Å². The Morgan fingerprint density at radius 3 is 2.56 bits per heavy atom. The molecule has 2 heterocycles. The second kappa shape index (κ2) is 7.93. The van der Waals surface area contributed by atoms with Gasteiger partial charge >= 0.3 is 6.18 Å². The summed E-state index contributed by atoms with van der Waals surface area (Å²) in [4.78, 5) is 2.32. The number of halogens is 4. The molecule has 3 rings (SSSR count). The minimum atomic E-state index is -4.43. The zero-order valence-electron chi connectivity index (χ0n) is 13.6. The monoisotopic (exact) mass is 417 g/mol. The largest absolute Gasteiger partial charge is 0.461 e. The van der Waals surface area contributed by atoms with E-state index in [1.54, 1.807) is 18.2 Å². The molecule has 0 atom stereocenters. The van der Waals surface area contributed by atoms with Gasteiger partial charge in [0, 0.05) is 29.5 Å². The van der Waals surface area contributed by atoms with E-state index in [1.165, 1.54) is 6.07 Å². The molecule has 0 bridgehead atoms. The summed E-state index contributed by atoms with van der Waals surface area (Å²) in [5.41, 5.74) is -0.633. The van der Waals surface area contributed by atoms with Gasteiger partial charge in [-0.05, 0) is 43.3 Å². The Morgan fingerprint density at radius 2 is 1.84 bits per heavy atom. The van der Waals surface area contributed by atoms with Crippen molar-refractivity contribution in [2.75, 3.05) is 32.8 Å². The van der Waals surface area contributed by atoms with Crippen molar-refractivity contribution in [1.82, 2.24) is 4.90 Å². The Balaban J connectivity index is 1.67. The molecule has 3 nitrogen and oxygen atoms in total. The Kier molecular flexibility index (Phi) is 5.86. The number of benzene rings is 1. The lowest BCUT2D eigenvalue weighted by Gasteiger charge is -2.26. The molecule has 1 fully saturated rings. The van der Waals surface area contributed by atoms with Gasteiger partial charge in [0.2, 0.25) is 0 Å². The highest BCUT2D eigenvalue weighted by Gasteiger charge is 2.34. The van der Waals surface area contributed by atoms with E-state index in [2.05, 4.69) is 20.8 Å². The van der Waals surface area contributed by atoms with Crippen LogP contribution in [0.25, 0.3) is 11.3 Å². The van der Waals surface area contributed by atoms with Crippen LogP contribution >= 0.6 is 15.9 Å². The number of ether oxygens (including phenoxy) is 1. The van der Waals surface area contributed by atoms with Crippen molar-refractivity contribution >= 4 is 15.9 Å². The van der Waals surface area contributed by atoms with Gasteiger partial charge in [-0.15, -0.1) is 0 Å². The molecule has 25 heavy (non-hydrogen) atoms. The van der Waals surface area contributed by atoms with E-state index in [-0.39, 0.29) is 11.3 Å². The van der Waals surface area contributed by atoms with Gasteiger partial charge in [-0.3, -0.25) is 4.90 Å². The molecule has 1 aliphatic rings. The molecular weight excluding hydrogens is 399 g/mol. The van der Waals surface area contributed by atoms with Gasteiger partial charge in [-0.2, -0.15) is 13.2 Å². The lowest BCUT2D eigenvalue weighted by Crippen LogP contribution is -2.36. The molecule has 7 heteroatoms. The summed E-state index contributed by atoms with van der Waals surface area (Å²) in [6.07, 6.45) is -2.82. The summed E-state index contributed by atoms with van der Waals surface area (Å²) in [5.74, 6) is 0.959. The van der Waals surface area contributed by atoms with Crippen LogP contribution in [0.15, 0.2) is 39.2 Å². The van der Waals surface area contributed by atoms with E-state index >= 15 is 0 Å². The summed E-state index contributed by atoms with van der Waals surface area (Å²) < 4.78 is 51.1. The van der Waals surface area contributed by atoms with Crippen LogP contribution in [0.4, 0.5) is 13.2 Å². The average Bonchev–Trinajstić information content (AvgIpc) is 3.04. The molecular formula is C18H19BrF3NO2. The highest BCUT2D eigenvalue weighted by molar-refractivity contribution is 9.10. The number of aryl methyl sites for hydroxylation is 1. The lowest BCUT2D eigenvalue weighted by atomic mass is 10.1. The molecule has 0 saturated carbocycles. The van der Waals surface area contributed by atoms with Crippen LogP contribution in [0.1, 0.15) is 17.7 Å². The topological polar surface area (TPSA) is 25.6 Å². The number of nitrogens with zero attached hydrogens (tertiary/aromatic N) is 1. The summed E-state index contributed by atoms with van der Waals surface area (Å²) in [6, 6.07) is 7.48. The Morgan fingerprint density at radius 1 is 1.08 bits per heavy atom. The van der Waals surface area contributed by atoms with Crippen LogP contribution < -0.4 is 0 Å². The maximum Gasteiger partial charge on any atom is 0.417 e. The predicted octanol–water partition coefficient (Wildman–Crippen LogP) is 4.99. The highest BCUT2D eigenvalue weighted by Crippen LogP contribution is 2.39. The molecule has 0 unspecified atom stereocenters. The third kappa shape index (κ3) is 4.86. The molecule has 0 radical (unpaired) electrons. The molecule has 0 aliphatic carbocycles. The normalized spacial score (nSPS) is 16.3. The second-order valence-electron chi connectivity index (χ2n) is 6.01. The SMILES string of the molecule is FC(F)(F)c1cc(Br)ccc1-c1ccc(CCCN2CCOCC2)o1. The number of hydrogen-bond acceptors (Lipinski definition) is 3. The minimum absolute atomic E-state index is 0.0649. The second-order valence-corrected chi connectivity index (χ2v) is 6.93. The zero-order chi connectivity index (χ0) is 17.9. The third-order valence-corrected chi connectivity index (χ3v) is 4.71. The van der Waals surface area contributed by atoms with Crippen molar-refractivity contribution in [3.63, 3.8) is 0 Å². The first-order chi connectivity index (χ1) is 11.9. The number of furan rings is 1. The van der Waals surface area contributed by atoms with Crippen LogP contribution in [0.2, 0.25) is 0 Å². The van der Waals surface area contributed by atoms with E-state index < -0.39 is 11.7 Å². The molecule has 0 amide bonds. The Labute approximate surface area is 152 Å². The maximum absolute atomic E-state index is 13.3. The van der Waals surface area contributed by atoms with Crippen LogP contribution in [0.3, 0.4) is 0 Å². The number of hydrogen-bond donors (Lipinski definition) is 0. The van der Waals surface area contributed by atoms with Crippen molar-refractivity contribution in [2.24, 2.45) is 0 Å². The van der Waals surface area contributed by atoms with Gasteiger partial charge in [0.1, 0.15) is 11.5 Å². The van der Waals surface area contributed by atoms with E-state index in [0.717, 1.165) is 45.3 Å². The number of rotatable bonds is 5. The summed E-state index contributed by atoms with van der Waals surface area (Å²) >= 11 is 3.09. The number of alkyl halides is 3. The fourth-order valence-electron chi connectivity index (χ4n) is 2.92. The molecule has 136 valence electrons. The molecule has 0 spiro atoms. The van der Waals surface area contributed by atoms with Crippen molar-refractivity contribution in [2.45, 2.75) is 19.0 Å². The third-order valence-electron chi connectivity index (χ3n) is 4.22. The van der Waals surface area contributed by atoms with Crippen molar-refractivity contribution in [3.8, 4) is 11.3 Å². The van der Waals surface area contributed by atoms with Crippen LogP contribution in [-0.2, 0) is 17.3 Å². The van der Waals surface area contributed by atoms with Gasteiger partial charge in [0.25, 0.3) is 0 Å². The summed E-state index contributed by atoms with van der Waals surface area (Å²) in [6.45, 7) is 4.31. The van der Waals surface area contributed by atoms with E-state index in [9.17, 15) is 13.2 Å². The van der Waals surface area contributed by atoms with Gasteiger partial charge in [0.15, 0.2) is 0 Å². The van der Waals surface area contributed by atoms with Crippen LogP contribution in [-0.4, -0.2) is 37.7 Å². The van der Waals surface area contributed by atoms with Gasteiger partial charge in [-0.25, -0.2) is 0 Å². The van der Waals surface area contributed by atoms with Gasteiger partial charge in [0.05, 0.1) is 18.8 Å². The first kappa shape index (κ1) is 18.5. The molecule has 2 aromatic rings. The highest BCUT2D eigenvalue weighted by atomic mass is 79.9. The fraction of sp³-hybridized carbons (Fsp3) is 0.444. The summed E-state index contributed by atoms with van der Waals surface area (Å²) in [7, 11) is 0. The molecule has 0 N–H and O–H groups in total. The molecule has 1 aliphatic heterocycles. The first-order valence-corrected chi connectivity index (χ1v) is 8.99. The van der Waals surface area contributed by atoms with Crippen molar-refractivity contribution < 1.29 is 22.3 Å². The first-order valence-electron chi connectivity index (χ1n) is 8.19. The molecule has 1 aromatic carbocycles. The Hall–Kier alpha value is -1.31. The molecule has 1 aromatic heterocycles. The van der Waals surface area contributed by atoms with Crippen LogP contribution in [0.5, 0.6) is 0 Å². The average molecular weight is 418 g/mol. The van der Waals surface area contributed by atoms with E-state index in [0.29, 0.717) is 16.7 Å². The standard InChI is InChI=1S/C18H19BrF3NO2/c19-13-3-5-15(16(12-13)18(20,21)22)17-6-4-14(25-17)2-1-7-23-8-10-24-11-9-23/h3-6,12H,1-2,7-11H2. The minimum Gasteiger partial charge on any atom is -0.461 e.